The third-order valence-corrected chi connectivity index (χ3v) is 4.47. The third kappa shape index (κ3) is 3.59. The van der Waals surface area contributed by atoms with E-state index in [1.165, 1.54) is 0 Å². The van der Waals surface area contributed by atoms with Crippen LogP contribution >= 0.6 is 0 Å². The number of phenolic OH excluding ortho intramolecular Hbond substituents is 1. The van der Waals surface area contributed by atoms with E-state index in [0.29, 0.717) is 0 Å². The van der Waals surface area contributed by atoms with Crippen LogP contribution in [0.15, 0.2) is 28.0 Å². The smallest absolute Gasteiger partial charge is 0.296 e. The van der Waals surface area contributed by atoms with Crippen molar-refractivity contribution < 1.29 is 35.8 Å². The first-order chi connectivity index (χ1) is 10.4. The minimum absolute atomic E-state index is 0.0476. The molecule has 2 aromatic carbocycles. The molecule has 11 heteroatoms. The highest BCUT2D eigenvalue weighted by molar-refractivity contribution is 7.86. The number of phenols is 1. The Morgan fingerprint density at radius 2 is 1.70 bits per heavy atom. The Labute approximate surface area is 131 Å². The van der Waals surface area contributed by atoms with Crippen molar-refractivity contribution in [2.45, 2.75) is 16.7 Å². The molecule has 0 saturated heterocycles. The van der Waals surface area contributed by atoms with E-state index < -0.39 is 41.7 Å². The molecule has 0 unspecified atom stereocenters. The number of aromatic hydroxyl groups is 1. The van der Waals surface area contributed by atoms with E-state index in [1.54, 1.807) is 0 Å². The van der Waals surface area contributed by atoms with Gasteiger partial charge in [0.1, 0.15) is 15.5 Å². The van der Waals surface area contributed by atoms with Crippen molar-refractivity contribution in [2.75, 3.05) is 5.32 Å². The van der Waals surface area contributed by atoms with Gasteiger partial charge < -0.3 is 10.4 Å². The average Bonchev–Trinajstić information content (AvgIpc) is 2.35. The fourth-order valence-corrected chi connectivity index (χ4v) is 3.09. The maximum atomic E-state index is 11.4. The van der Waals surface area contributed by atoms with Gasteiger partial charge in [0.15, 0.2) is 0 Å². The number of rotatable bonds is 3. The van der Waals surface area contributed by atoms with Crippen molar-refractivity contribution in [2.24, 2.45) is 0 Å². The third-order valence-electron chi connectivity index (χ3n) is 2.80. The molecule has 0 spiro atoms. The summed E-state index contributed by atoms with van der Waals surface area (Å²) in [5.41, 5.74) is -0.309. The molecule has 4 N–H and O–H groups in total. The topological polar surface area (TPSA) is 158 Å². The molecule has 0 atom stereocenters. The monoisotopic (exact) mass is 360 g/mol. The number of benzene rings is 2. The molecular formula is C12H10NO8S2. The van der Waals surface area contributed by atoms with Gasteiger partial charge in [-0.25, -0.2) is 0 Å². The van der Waals surface area contributed by atoms with Crippen LogP contribution < -0.4 is 5.32 Å². The molecule has 0 bridgehead atoms. The highest BCUT2D eigenvalue weighted by Gasteiger charge is 2.21. The molecule has 0 aliphatic carbocycles. The van der Waals surface area contributed by atoms with Crippen LogP contribution in [0.4, 0.5) is 5.69 Å². The van der Waals surface area contributed by atoms with Gasteiger partial charge in [-0.05, 0) is 23.6 Å². The van der Waals surface area contributed by atoms with Crippen molar-refractivity contribution in [1.82, 2.24) is 0 Å². The predicted octanol–water partition coefficient (Wildman–Crippen LogP) is 0.797. The summed E-state index contributed by atoms with van der Waals surface area (Å²) in [4.78, 5) is 9.65. The van der Waals surface area contributed by atoms with Crippen molar-refractivity contribution in [3.8, 4) is 5.75 Å². The maximum Gasteiger partial charge on any atom is 0.296 e. The largest absolute Gasteiger partial charge is 0.507 e. The molecule has 0 heterocycles. The molecule has 0 aromatic heterocycles. The average molecular weight is 360 g/mol. The lowest BCUT2D eigenvalue weighted by atomic mass is 10.1. The zero-order valence-corrected chi connectivity index (χ0v) is 13.1. The standard InChI is InChI=1S/C12H10NO8S2/c1-6(14)13-10-5-9-7(3-12(10)23(19,20)21)2-8(4-11(9)15)22(16,17)18/h2-3,5,15H,1H3,(H,13,14)(H,16,17,18)(H,19,20,21). The first-order valence-electron chi connectivity index (χ1n) is 5.85. The number of nitrogens with one attached hydrogen (secondary N) is 1. The Hall–Kier alpha value is -2.21. The summed E-state index contributed by atoms with van der Waals surface area (Å²) in [6.07, 6.45) is 0. The summed E-state index contributed by atoms with van der Waals surface area (Å²) in [6, 6.07) is 4.75. The lowest BCUT2D eigenvalue weighted by Crippen LogP contribution is -2.11. The van der Waals surface area contributed by atoms with Crippen molar-refractivity contribution >= 4 is 42.6 Å². The molecule has 0 aliphatic heterocycles. The van der Waals surface area contributed by atoms with E-state index >= 15 is 0 Å². The number of hydrogen-bond donors (Lipinski definition) is 4. The molecule has 2 rings (SSSR count). The van der Waals surface area contributed by atoms with Gasteiger partial charge in [0, 0.05) is 12.3 Å². The summed E-state index contributed by atoms with van der Waals surface area (Å²) < 4.78 is 63.3. The molecule has 9 nitrogen and oxygen atoms in total. The van der Waals surface area contributed by atoms with Gasteiger partial charge in [0.05, 0.1) is 11.8 Å². The number of anilines is 1. The molecular weight excluding hydrogens is 350 g/mol. The summed E-state index contributed by atoms with van der Waals surface area (Å²) in [6.45, 7) is 1.10. The number of amides is 1. The van der Waals surface area contributed by atoms with Gasteiger partial charge in [-0.3, -0.25) is 13.9 Å². The lowest BCUT2D eigenvalue weighted by molar-refractivity contribution is -0.114. The minimum Gasteiger partial charge on any atom is -0.507 e. The maximum absolute atomic E-state index is 11.4. The SMILES string of the molecule is CC(=O)Nc1cc2c(O)[c]c(S(=O)(=O)O)cc2cc1S(=O)(=O)O. The van der Waals surface area contributed by atoms with Crippen LogP contribution in [0, 0.1) is 6.07 Å². The highest BCUT2D eigenvalue weighted by Crippen LogP contribution is 2.34. The Morgan fingerprint density at radius 3 is 2.17 bits per heavy atom. The van der Waals surface area contributed by atoms with Crippen molar-refractivity contribution in [3.63, 3.8) is 0 Å². The summed E-state index contributed by atoms with van der Waals surface area (Å²) >= 11 is 0. The van der Waals surface area contributed by atoms with E-state index in [9.17, 15) is 31.3 Å². The van der Waals surface area contributed by atoms with Crippen LogP contribution in [-0.2, 0) is 25.0 Å². The van der Waals surface area contributed by atoms with Crippen LogP contribution in [0.2, 0.25) is 0 Å². The van der Waals surface area contributed by atoms with E-state index in [-0.39, 0.29) is 16.5 Å². The predicted molar refractivity (Wildman–Crippen MR) is 78.4 cm³/mol. The van der Waals surface area contributed by atoms with Crippen LogP contribution in [0.1, 0.15) is 6.92 Å². The molecule has 1 amide bonds. The number of hydrogen-bond acceptors (Lipinski definition) is 6. The van der Waals surface area contributed by atoms with Gasteiger partial charge in [-0.1, -0.05) is 0 Å². The second-order valence-corrected chi connectivity index (χ2v) is 7.33. The van der Waals surface area contributed by atoms with Gasteiger partial charge >= 0.3 is 0 Å². The number of fused-ring (bicyclic) bond motifs is 1. The molecule has 0 aliphatic rings. The van der Waals surface area contributed by atoms with Gasteiger partial charge in [-0.2, -0.15) is 16.8 Å². The molecule has 0 saturated carbocycles. The summed E-state index contributed by atoms with van der Waals surface area (Å²) in [5, 5.41) is 11.8. The Kier molecular flexibility index (Phi) is 4.07. The second kappa shape index (κ2) is 5.45. The zero-order valence-electron chi connectivity index (χ0n) is 11.4. The van der Waals surface area contributed by atoms with Gasteiger partial charge in [0.2, 0.25) is 5.91 Å². The van der Waals surface area contributed by atoms with Crippen LogP contribution in [-0.4, -0.2) is 37.0 Å². The first kappa shape index (κ1) is 17.1. The van der Waals surface area contributed by atoms with Gasteiger partial charge in [-0.15, -0.1) is 0 Å². The summed E-state index contributed by atoms with van der Waals surface area (Å²) in [7, 11) is -9.44. The first-order valence-corrected chi connectivity index (χ1v) is 8.73. The van der Waals surface area contributed by atoms with E-state index in [0.717, 1.165) is 25.1 Å². The lowest BCUT2D eigenvalue weighted by Gasteiger charge is -2.11. The molecule has 123 valence electrons. The molecule has 23 heavy (non-hydrogen) atoms. The normalized spacial score (nSPS) is 12.3. The van der Waals surface area contributed by atoms with E-state index in [4.69, 9.17) is 4.55 Å². The Balaban J connectivity index is 2.90. The molecule has 0 fully saturated rings. The zero-order chi connectivity index (χ0) is 17.6. The molecule has 2 aromatic rings. The Bertz CT molecular complexity index is 1020. The highest BCUT2D eigenvalue weighted by atomic mass is 32.2. The fourth-order valence-electron chi connectivity index (χ4n) is 1.92. The second-order valence-electron chi connectivity index (χ2n) is 4.55. The number of carbonyl (C=O) groups excluding carboxylic acids is 1. The van der Waals surface area contributed by atoms with E-state index in [1.807, 2.05) is 6.07 Å². The van der Waals surface area contributed by atoms with Crippen LogP contribution in [0.3, 0.4) is 0 Å². The van der Waals surface area contributed by atoms with E-state index in [2.05, 4.69) is 5.32 Å². The van der Waals surface area contributed by atoms with Crippen LogP contribution in [0.5, 0.6) is 5.75 Å². The molecule has 1 radical (unpaired) electrons. The number of carbonyl (C=O) groups is 1. The van der Waals surface area contributed by atoms with Gasteiger partial charge in [0.25, 0.3) is 20.2 Å². The van der Waals surface area contributed by atoms with Crippen molar-refractivity contribution in [3.05, 3.63) is 24.3 Å². The fraction of sp³-hybridized carbons (Fsp3) is 0.0833. The Morgan fingerprint density at radius 1 is 1.09 bits per heavy atom. The van der Waals surface area contributed by atoms with Crippen molar-refractivity contribution in [1.29, 1.82) is 0 Å². The summed E-state index contributed by atoms with van der Waals surface area (Å²) in [5.74, 6) is -1.32. The minimum atomic E-state index is -4.75. The van der Waals surface area contributed by atoms with Crippen LogP contribution in [0.25, 0.3) is 10.8 Å². The quantitative estimate of drug-likeness (QED) is 0.585.